The number of halogens is 4. The first-order chi connectivity index (χ1) is 7.77. The molecule has 1 aromatic carbocycles. The lowest BCUT2D eigenvalue weighted by Crippen LogP contribution is -2.05. The van der Waals surface area contributed by atoms with Gasteiger partial charge in [0.05, 0.1) is 16.2 Å². The molecule has 0 bridgehead atoms. The highest BCUT2D eigenvalue weighted by molar-refractivity contribution is 6.35. The monoisotopic (exact) mass is 266 g/mol. The Morgan fingerprint density at radius 3 is 2.47 bits per heavy atom. The summed E-state index contributed by atoms with van der Waals surface area (Å²) >= 11 is 5.43. The van der Waals surface area contributed by atoms with Crippen LogP contribution in [-0.4, -0.2) is 4.92 Å². The van der Waals surface area contributed by atoms with Crippen LogP contribution in [0.2, 0.25) is 5.02 Å². The van der Waals surface area contributed by atoms with Crippen molar-refractivity contribution < 1.29 is 18.1 Å². The molecule has 17 heavy (non-hydrogen) atoms. The van der Waals surface area contributed by atoms with Crippen LogP contribution in [0.25, 0.3) is 10.4 Å². The van der Waals surface area contributed by atoms with Crippen molar-refractivity contribution in [1.29, 1.82) is 0 Å². The van der Waals surface area contributed by atoms with Crippen LogP contribution in [0.1, 0.15) is 5.56 Å². The van der Waals surface area contributed by atoms with Gasteiger partial charge in [-0.2, -0.15) is 13.2 Å². The molecule has 0 unspecified atom stereocenters. The number of rotatable bonds is 2. The number of nitrogens with zero attached hydrogens (tertiary/aromatic N) is 4. The van der Waals surface area contributed by atoms with Crippen molar-refractivity contribution in [3.05, 3.63) is 43.3 Å². The van der Waals surface area contributed by atoms with E-state index in [0.29, 0.717) is 6.07 Å². The molecule has 1 aromatic rings. The fourth-order valence-corrected chi connectivity index (χ4v) is 1.23. The van der Waals surface area contributed by atoms with Gasteiger partial charge in [-0.1, -0.05) is 16.7 Å². The van der Waals surface area contributed by atoms with Gasteiger partial charge in [-0.15, -0.1) is 0 Å². The van der Waals surface area contributed by atoms with Gasteiger partial charge in [-0.3, -0.25) is 10.1 Å². The van der Waals surface area contributed by atoms with E-state index in [1.54, 1.807) is 0 Å². The van der Waals surface area contributed by atoms with Gasteiger partial charge in [0, 0.05) is 11.0 Å². The van der Waals surface area contributed by atoms with E-state index in [0.717, 1.165) is 0 Å². The minimum Gasteiger partial charge on any atom is -0.258 e. The fraction of sp³-hybridized carbons (Fsp3) is 0.143. The average Bonchev–Trinajstić information content (AvgIpc) is 2.19. The molecule has 90 valence electrons. The highest BCUT2D eigenvalue weighted by atomic mass is 35.5. The lowest BCUT2D eigenvalue weighted by atomic mass is 10.1. The van der Waals surface area contributed by atoms with E-state index in [-0.39, 0.29) is 6.07 Å². The minimum atomic E-state index is -4.80. The maximum absolute atomic E-state index is 12.4. The highest BCUT2D eigenvalue weighted by Gasteiger charge is 2.34. The normalized spacial score (nSPS) is 10.8. The van der Waals surface area contributed by atoms with E-state index in [1.807, 2.05) is 0 Å². The van der Waals surface area contributed by atoms with Crippen molar-refractivity contribution in [3.8, 4) is 0 Å². The van der Waals surface area contributed by atoms with E-state index in [9.17, 15) is 23.3 Å². The summed E-state index contributed by atoms with van der Waals surface area (Å²) in [6.45, 7) is 0. The van der Waals surface area contributed by atoms with E-state index >= 15 is 0 Å². The smallest absolute Gasteiger partial charge is 0.258 e. The molecule has 0 N–H and O–H groups in total. The number of nitro groups is 1. The lowest BCUT2D eigenvalue weighted by Gasteiger charge is -2.08. The Bertz CT molecular complexity index is 501. The van der Waals surface area contributed by atoms with Crippen LogP contribution in [0, 0.1) is 10.1 Å². The van der Waals surface area contributed by atoms with Gasteiger partial charge in [0.15, 0.2) is 0 Å². The SMILES string of the molecule is [N-]=[N+]=Nc1cc(C(F)(F)F)cc([N+](=O)[O-])c1Cl. The van der Waals surface area contributed by atoms with Gasteiger partial charge in [0.25, 0.3) is 5.69 Å². The zero-order valence-corrected chi connectivity index (χ0v) is 8.53. The quantitative estimate of drug-likeness (QED) is 0.264. The van der Waals surface area contributed by atoms with Crippen molar-refractivity contribution in [2.45, 2.75) is 6.18 Å². The van der Waals surface area contributed by atoms with Crippen molar-refractivity contribution >= 4 is 23.0 Å². The number of azide groups is 1. The topological polar surface area (TPSA) is 91.9 Å². The summed E-state index contributed by atoms with van der Waals surface area (Å²) in [7, 11) is 0. The summed E-state index contributed by atoms with van der Waals surface area (Å²) in [6, 6.07) is 0.716. The Balaban J connectivity index is 3.58. The van der Waals surface area contributed by atoms with Crippen LogP contribution >= 0.6 is 11.6 Å². The zero-order chi connectivity index (χ0) is 13.2. The van der Waals surface area contributed by atoms with Gasteiger partial charge in [-0.05, 0) is 11.6 Å². The first-order valence-electron chi connectivity index (χ1n) is 3.87. The van der Waals surface area contributed by atoms with E-state index < -0.39 is 33.1 Å². The molecule has 1 rings (SSSR count). The average molecular weight is 267 g/mol. The van der Waals surface area contributed by atoms with Crippen LogP contribution in [0.4, 0.5) is 24.5 Å². The number of hydrogen-bond acceptors (Lipinski definition) is 3. The molecule has 0 heterocycles. The van der Waals surface area contributed by atoms with Gasteiger partial charge in [0.1, 0.15) is 5.02 Å². The van der Waals surface area contributed by atoms with E-state index in [4.69, 9.17) is 17.1 Å². The Labute approximate surface area is 96.4 Å². The fourth-order valence-electron chi connectivity index (χ4n) is 1.01. The van der Waals surface area contributed by atoms with Crippen molar-refractivity contribution in [1.82, 2.24) is 0 Å². The Morgan fingerprint density at radius 1 is 1.47 bits per heavy atom. The van der Waals surface area contributed by atoms with Crippen LogP contribution < -0.4 is 0 Å². The molecular weight excluding hydrogens is 265 g/mol. The third kappa shape index (κ3) is 2.77. The first kappa shape index (κ1) is 13.1. The summed E-state index contributed by atoms with van der Waals surface area (Å²) in [6.07, 6.45) is -4.80. The molecule has 0 saturated carbocycles. The second kappa shape index (κ2) is 4.48. The molecule has 10 heteroatoms. The van der Waals surface area contributed by atoms with Gasteiger partial charge >= 0.3 is 6.18 Å². The Morgan fingerprint density at radius 2 is 2.06 bits per heavy atom. The van der Waals surface area contributed by atoms with Crippen molar-refractivity contribution in [2.24, 2.45) is 5.11 Å². The second-order valence-electron chi connectivity index (χ2n) is 2.77. The summed E-state index contributed by atoms with van der Waals surface area (Å²) in [5.41, 5.74) is 5.20. The zero-order valence-electron chi connectivity index (χ0n) is 7.77. The summed E-state index contributed by atoms with van der Waals surface area (Å²) in [5, 5.41) is 12.7. The first-order valence-corrected chi connectivity index (χ1v) is 4.25. The molecule has 0 aliphatic heterocycles. The van der Waals surface area contributed by atoms with E-state index in [1.165, 1.54) is 0 Å². The molecule has 0 spiro atoms. The van der Waals surface area contributed by atoms with Crippen LogP contribution in [0.3, 0.4) is 0 Å². The Hall–Kier alpha value is -1.99. The number of hydrogen-bond donors (Lipinski definition) is 0. The number of nitro benzene ring substituents is 1. The summed E-state index contributed by atoms with van der Waals surface area (Å²) in [4.78, 5) is 11.6. The largest absolute Gasteiger partial charge is 0.416 e. The maximum atomic E-state index is 12.4. The lowest BCUT2D eigenvalue weighted by molar-refractivity contribution is -0.384. The second-order valence-corrected chi connectivity index (χ2v) is 3.15. The molecule has 6 nitrogen and oxygen atoms in total. The molecule has 0 atom stereocenters. The standard InChI is InChI=1S/C7H2ClF3N4O2/c8-6-4(13-14-12)1-3(7(9,10)11)2-5(6)15(16)17/h1-2H. The maximum Gasteiger partial charge on any atom is 0.416 e. The molecule has 0 amide bonds. The third-order valence-corrected chi connectivity index (χ3v) is 2.10. The molecule has 0 saturated heterocycles. The van der Waals surface area contributed by atoms with Crippen LogP contribution in [0.15, 0.2) is 17.2 Å². The number of benzene rings is 1. The highest BCUT2D eigenvalue weighted by Crippen LogP contribution is 2.40. The third-order valence-electron chi connectivity index (χ3n) is 1.71. The molecule has 0 fully saturated rings. The van der Waals surface area contributed by atoms with Crippen LogP contribution in [0.5, 0.6) is 0 Å². The molecule has 0 radical (unpaired) electrons. The Kier molecular flexibility index (Phi) is 3.45. The molecule has 0 aliphatic carbocycles. The van der Waals surface area contributed by atoms with Crippen LogP contribution in [-0.2, 0) is 6.18 Å². The van der Waals surface area contributed by atoms with Gasteiger partial charge in [-0.25, -0.2) is 0 Å². The summed E-state index contributed by atoms with van der Waals surface area (Å²) in [5.74, 6) is 0. The van der Waals surface area contributed by atoms with Crippen molar-refractivity contribution in [2.75, 3.05) is 0 Å². The van der Waals surface area contributed by atoms with Gasteiger partial charge in [0.2, 0.25) is 0 Å². The molecular formula is C7H2ClF3N4O2. The molecule has 0 aliphatic rings. The molecule has 0 aromatic heterocycles. The summed E-state index contributed by atoms with van der Waals surface area (Å²) < 4.78 is 37.1. The minimum absolute atomic E-state index is 0.277. The predicted octanol–water partition coefficient (Wildman–Crippen LogP) is 4.21. The predicted molar refractivity (Wildman–Crippen MR) is 51.9 cm³/mol. The van der Waals surface area contributed by atoms with Crippen molar-refractivity contribution in [3.63, 3.8) is 0 Å². The van der Waals surface area contributed by atoms with E-state index in [2.05, 4.69) is 10.0 Å². The number of alkyl halides is 3. The van der Waals surface area contributed by atoms with Gasteiger partial charge < -0.3 is 0 Å².